The monoisotopic (exact) mass is 428 g/mol. The summed E-state index contributed by atoms with van der Waals surface area (Å²) in [4.78, 5) is 18.7. The Hall–Kier alpha value is -3.26. The summed E-state index contributed by atoms with van der Waals surface area (Å²) in [6.07, 6.45) is 0. The molecule has 0 aliphatic rings. The Morgan fingerprint density at radius 1 is 1.00 bits per heavy atom. The third-order valence-corrected chi connectivity index (χ3v) is 5.15. The summed E-state index contributed by atoms with van der Waals surface area (Å²) < 4.78 is 21.9. The Labute approximate surface area is 179 Å². The molecule has 2 aromatic carbocycles. The Morgan fingerprint density at radius 3 is 2.33 bits per heavy atom. The third kappa shape index (κ3) is 4.83. The summed E-state index contributed by atoms with van der Waals surface area (Å²) in [6.45, 7) is 0.750. The highest BCUT2D eigenvalue weighted by molar-refractivity contribution is 7.07. The number of aromatic nitrogens is 1. The molecule has 1 heterocycles. The average Bonchev–Trinajstić information content (AvgIpc) is 3.30. The number of carbonyl (C=O) groups excluding carboxylic acids is 1. The van der Waals surface area contributed by atoms with Gasteiger partial charge in [-0.05, 0) is 36.4 Å². The molecule has 158 valence electrons. The molecule has 0 bridgehead atoms. The van der Waals surface area contributed by atoms with E-state index in [0.717, 1.165) is 11.3 Å². The molecule has 0 spiro atoms. The number of carbonyl (C=O) groups is 1. The summed E-state index contributed by atoms with van der Waals surface area (Å²) in [7, 11) is 6.42. The van der Waals surface area contributed by atoms with Crippen molar-refractivity contribution in [2.75, 3.05) is 28.4 Å². The zero-order chi connectivity index (χ0) is 21.5. The smallest absolute Gasteiger partial charge is 0.253 e. The number of hydrogen-bond acceptors (Lipinski definition) is 7. The van der Waals surface area contributed by atoms with E-state index in [9.17, 15) is 4.79 Å². The van der Waals surface area contributed by atoms with Crippen LogP contribution < -0.4 is 18.9 Å². The number of amides is 1. The van der Waals surface area contributed by atoms with E-state index in [4.69, 9.17) is 18.9 Å². The molecule has 0 aliphatic heterocycles. The maximum absolute atomic E-state index is 12.9. The van der Waals surface area contributed by atoms with Crippen LogP contribution >= 0.6 is 11.3 Å². The summed E-state index contributed by atoms with van der Waals surface area (Å²) >= 11 is 1.53. The van der Waals surface area contributed by atoms with Crippen molar-refractivity contribution in [2.45, 2.75) is 13.2 Å². The number of benzene rings is 2. The maximum atomic E-state index is 12.9. The predicted octanol–water partition coefficient (Wildman–Crippen LogP) is 4.02. The van der Waals surface area contributed by atoms with Crippen LogP contribution in [0.2, 0.25) is 0 Å². The molecular weight excluding hydrogens is 404 g/mol. The van der Waals surface area contributed by atoms with Gasteiger partial charge >= 0.3 is 0 Å². The fourth-order valence-corrected chi connectivity index (χ4v) is 3.54. The fourth-order valence-electron chi connectivity index (χ4n) is 3.00. The highest BCUT2D eigenvalue weighted by atomic mass is 32.1. The standard InChI is InChI=1S/C22H24N2O5S/c1-24(11-16-7-10-19(26-2)21(28-4)20(16)27-3)22(25)15-5-8-18(9-6-15)29-12-17-13-30-14-23-17/h5-10,13-14H,11-12H2,1-4H3. The number of rotatable bonds is 9. The molecule has 0 fully saturated rings. The van der Waals surface area contributed by atoms with Crippen molar-refractivity contribution in [3.8, 4) is 23.0 Å². The molecule has 3 aromatic rings. The van der Waals surface area contributed by atoms with Gasteiger partial charge in [0.25, 0.3) is 5.91 Å². The first kappa shape index (κ1) is 21.4. The first-order chi connectivity index (χ1) is 14.6. The van der Waals surface area contributed by atoms with E-state index >= 15 is 0 Å². The van der Waals surface area contributed by atoms with Crippen molar-refractivity contribution in [1.82, 2.24) is 9.88 Å². The molecule has 8 heteroatoms. The maximum Gasteiger partial charge on any atom is 0.253 e. The van der Waals surface area contributed by atoms with Crippen LogP contribution in [0.25, 0.3) is 0 Å². The van der Waals surface area contributed by atoms with E-state index in [1.54, 1.807) is 69.1 Å². The number of ether oxygens (including phenoxy) is 4. The minimum Gasteiger partial charge on any atom is -0.493 e. The van der Waals surface area contributed by atoms with Gasteiger partial charge in [-0.1, -0.05) is 0 Å². The predicted molar refractivity (Wildman–Crippen MR) is 115 cm³/mol. The second kappa shape index (κ2) is 9.98. The van der Waals surface area contributed by atoms with Crippen molar-refractivity contribution >= 4 is 17.2 Å². The molecule has 0 aliphatic carbocycles. The van der Waals surface area contributed by atoms with Gasteiger partial charge in [0.05, 0.1) is 32.5 Å². The first-order valence-corrected chi connectivity index (χ1v) is 10.1. The van der Waals surface area contributed by atoms with Gasteiger partial charge in [-0.2, -0.15) is 0 Å². The molecule has 30 heavy (non-hydrogen) atoms. The molecule has 0 atom stereocenters. The third-order valence-electron chi connectivity index (χ3n) is 4.51. The molecule has 7 nitrogen and oxygen atoms in total. The van der Waals surface area contributed by atoms with Gasteiger partial charge in [0, 0.05) is 30.1 Å². The van der Waals surface area contributed by atoms with E-state index in [1.165, 1.54) is 11.3 Å². The summed E-state index contributed by atoms with van der Waals surface area (Å²) in [5, 5.41) is 1.94. The SMILES string of the molecule is COc1ccc(CN(C)C(=O)c2ccc(OCc3cscn3)cc2)c(OC)c1OC. The average molecular weight is 429 g/mol. The summed E-state index contributed by atoms with van der Waals surface area (Å²) in [5.41, 5.74) is 4.03. The van der Waals surface area contributed by atoms with Crippen LogP contribution in [-0.2, 0) is 13.2 Å². The van der Waals surface area contributed by atoms with E-state index in [0.29, 0.717) is 41.7 Å². The van der Waals surface area contributed by atoms with Crippen LogP contribution in [0.15, 0.2) is 47.3 Å². The minimum atomic E-state index is -0.113. The second-order valence-electron chi connectivity index (χ2n) is 6.45. The van der Waals surface area contributed by atoms with Crippen LogP contribution in [0.3, 0.4) is 0 Å². The van der Waals surface area contributed by atoms with Crippen molar-refractivity contribution in [3.05, 3.63) is 64.1 Å². The molecular formula is C22H24N2O5S. The van der Waals surface area contributed by atoms with Crippen molar-refractivity contribution < 1.29 is 23.7 Å². The zero-order valence-electron chi connectivity index (χ0n) is 17.4. The van der Waals surface area contributed by atoms with Crippen LogP contribution in [0, 0.1) is 0 Å². The van der Waals surface area contributed by atoms with Gasteiger partial charge < -0.3 is 23.8 Å². The van der Waals surface area contributed by atoms with Crippen LogP contribution in [0.1, 0.15) is 21.6 Å². The summed E-state index contributed by atoms with van der Waals surface area (Å²) in [6, 6.07) is 10.7. The fraction of sp³-hybridized carbons (Fsp3) is 0.273. The Morgan fingerprint density at radius 2 is 1.73 bits per heavy atom. The number of methoxy groups -OCH3 is 3. The van der Waals surface area contributed by atoms with Gasteiger partial charge in [0.15, 0.2) is 11.5 Å². The lowest BCUT2D eigenvalue weighted by molar-refractivity contribution is 0.0784. The molecule has 0 saturated heterocycles. The van der Waals surface area contributed by atoms with E-state index in [1.807, 2.05) is 11.4 Å². The van der Waals surface area contributed by atoms with Gasteiger partial charge in [-0.3, -0.25) is 4.79 Å². The van der Waals surface area contributed by atoms with Gasteiger partial charge in [-0.15, -0.1) is 11.3 Å². The highest BCUT2D eigenvalue weighted by Gasteiger charge is 2.19. The highest BCUT2D eigenvalue weighted by Crippen LogP contribution is 2.40. The zero-order valence-corrected chi connectivity index (χ0v) is 18.2. The van der Waals surface area contributed by atoms with Crippen molar-refractivity contribution in [3.63, 3.8) is 0 Å². The Kier molecular flexibility index (Phi) is 7.13. The normalized spacial score (nSPS) is 10.4. The van der Waals surface area contributed by atoms with E-state index in [-0.39, 0.29) is 5.91 Å². The molecule has 3 rings (SSSR count). The molecule has 1 amide bonds. The van der Waals surface area contributed by atoms with E-state index < -0.39 is 0 Å². The minimum absolute atomic E-state index is 0.113. The van der Waals surface area contributed by atoms with Crippen molar-refractivity contribution in [2.24, 2.45) is 0 Å². The van der Waals surface area contributed by atoms with Gasteiger partial charge in [0.2, 0.25) is 5.75 Å². The molecule has 0 unspecified atom stereocenters. The first-order valence-electron chi connectivity index (χ1n) is 9.20. The number of hydrogen-bond donors (Lipinski definition) is 0. The number of nitrogens with zero attached hydrogens (tertiary/aromatic N) is 2. The molecule has 1 aromatic heterocycles. The largest absolute Gasteiger partial charge is 0.493 e. The lowest BCUT2D eigenvalue weighted by Crippen LogP contribution is -2.26. The van der Waals surface area contributed by atoms with Gasteiger partial charge in [-0.25, -0.2) is 4.98 Å². The van der Waals surface area contributed by atoms with Crippen LogP contribution in [0.4, 0.5) is 0 Å². The Bertz CT molecular complexity index is 974. The lowest BCUT2D eigenvalue weighted by atomic mass is 10.1. The van der Waals surface area contributed by atoms with E-state index in [2.05, 4.69) is 4.98 Å². The van der Waals surface area contributed by atoms with Crippen LogP contribution in [-0.4, -0.2) is 44.2 Å². The topological polar surface area (TPSA) is 70.1 Å². The van der Waals surface area contributed by atoms with Gasteiger partial charge in [0.1, 0.15) is 12.4 Å². The quantitative estimate of drug-likeness (QED) is 0.513. The Balaban J connectivity index is 1.68. The molecule has 0 saturated carbocycles. The number of thiazole rings is 1. The van der Waals surface area contributed by atoms with Crippen molar-refractivity contribution in [1.29, 1.82) is 0 Å². The molecule has 0 radical (unpaired) electrons. The summed E-state index contributed by atoms with van der Waals surface area (Å²) in [5.74, 6) is 2.18. The molecule has 0 N–H and O–H groups in total. The van der Waals surface area contributed by atoms with Crippen LogP contribution in [0.5, 0.6) is 23.0 Å². The lowest BCUT2D eigenvalue weighted by Gasteiger charge is -2.21. The second-order valence-corrected chi connectivity index (χ2v) is 7.17.